The van der Waals surface area contributed by atoms with Crippen LogP contribution in [0.2, 0.25) is 5.02 Å². The van der Waals surface area contributed by atoms with Crippen LogP contribution in [-0.4, -0.2) is 0 Å². The monoisotopic (exact) mass is 272 g/mol. The molecule has 1 aliphatic rings. The molecular formula is C16H17ClN2. The Hall–Kier alpha value is -1.35. The third-order valence-electron chi connectivity index (χ3n) is 3.94. The molecule has 1 unspecified atom stereocenters. The molecule has 0 saturated heterocycles. The van der Waals surface area contributed by atoms with Crippen molar-refractivity contribution in [3.05, 3.63) is 70.2 Å². The standard InChI is InChI=1S/C16H17ClN2/c17-15-7-3-6-13(10-15)16(19-18)14-8-11-4-1-2-5-12(11)9-14/h1-7,10,14,16,19H,8-9,18H2. The fourth-order valence-electron chi connectivity index (χ4n) is 3.03. The van der Waals surface area contributed by atoms with Gasteiger partial charge in [0, 0.05) is 11.1 Å². The van der Waals surface area contributed by atoms with Gasteiger partial charge in [-0.1, -0.05) is 48.0 Å². The van der Waals surface area contributed by atoms with Crippen LogP contribution >= 0.6 is 11.6 Å². The zero-order valence-corrected chi connectivity index (χ0v) is 11.4. The molecule has 0 heterocycles. The van der Waals surface area contributed by atoms with E-state index in [9.17, 15) is 0 Å². The van der Waals surface area contributed by atoms with Crippen LogP contribution in [0.25, 0.3) is 0 Å². The smallest absolute Gasteiger partial charge is 0.0495 e. The molecule has 0 fully saturated rings. The van der Waals surface area contributed by atoms with E-state index in [1.54, 1.807) is 0 Å². The number of hydrogen-bond acceptors (Lipinski definition) is 2. The molecule has 1 atom stereocenters. The number of halogens is 1. The van der Waals surface area contributed by atoms with E-state index in [-0.39, 0.29) is 6.04 Å². The minimum Gasteiger partial charge on any atom is -0.271 e. The van der Waals surface area contributed by atoms with Crippen LogP contribution in [0.15, 0.2) is 48.5 Å². The zero-order chi connectivity index (χ0) is 13.2. The molecule has 2 aromatic carbocycles. The van der Waals surface area contributed by atoms with Crippen LogP contribution in [-0.2, 0) is 12.8 Å². The van der Waals surface area contributed by atoms with Crippen molar-refractivity contribution >= 4 is 11.6 Å². The second-order valence-corrected chi connectivity index (χ2v) is 5.57. The molecule has 3 heteroatoms. The van der Waals surface area contributed by atoms with E-state index in [0.29, 0.717) is 5.92 Å². The van der Waals surface area contributed by atoms with Crippen molar-refractivity contribution in [3.63, 3.8) is 0 Å². The molecule has 0 radical (unpaired) electrons. The first-order valence-corrected chi connectivity index (χ1v) is 6.94. The van der Waals surface area contributed by atoms with Gasteiger partial charge in [0.2, 0.25) is 0 Å². The maximum absolute atomic E-state index is 6.07. The molecule has 0 spiro atoms. The van der Waals surface area contributed by atoms with Crippen molar-refractivity contribution in [2.24, 2.45) is 11.8 Å². The van der Waals surface area contributed by atoms with Crippen molar-refractivity contribution < 1.29 is 0 Å². The van der Waals surface area contributed by atoms with Crippen LogP contribution in [0.5, 0.6) is 0 Å². The van der Waals surface area contributed by atoms with E-state index in [4.69, 9.17) is 17.4 Å². The maximum atomic E-state index is 6.07. The Labute approximate surface area is 118 Å². The van der Waals surface area contributed by atoms with E-state index in [1.807, 2.05) is 18.2 Å². The summed E-state index contributed by atoms with van der Waals surface area (Å²) in [4.78, 5) is 0. The number of hydrogen-bond donors (Lipinski definition) is 2. The van der Waals surface area contributed by atoms with Gasteiger partial charge in [-0.25, -0.2) is 0 Å². The molecule has 0 bridgehead atoms. The summed E-state index contributed by atoms with van der Waals surface area (Å²) in [6.07, 6.45) is 2.13. The highest BCUT2D eigenvalue weighted by molar-refractivity contribution is 6.30. The number of nitrogens with one attached hydrogen (secondary N) is 1. The van der Waals surface area contributed by atoms with E-state index in [2.05, 4.69) is 35.8 Å². The van der Waals surface area contributed by atoms with Crippen LogP contribution < -0.4 is 11.3 Å². The maximum Gasteiger partial charge on any atom is 0.0495 e. The Kier molecular flexibility index (Phi) is 3.56. The molecule has 2 aromatic rings. The van der Waals surface area contributed by atoms with E-state index in [0.717, 1.165) is 23.4 Å². The minimum atomic E-state index is 0.145. The molecule has 3 N–H and O–H groups in total. The highest BCUT2D eigenvalue weighted by Crippen LogP contribution is 2.35. The van der Waals surface area contributed by atoms with Gasteiger partial charge in [0.25, 0.3) is 0 Å². The fourth-order valence-corrected chi connectivity index (χ4v) is 3.23. The van der Waals surface area contributed by atoms with Gasteiger partial charge in [-0.3, -0.25) is 11.3 Å². The topological polar surface area (TPSA) is 38.0 Å². The van der Waals surface area contributed by atoms with Gasteiger partial charge >= 0.3 is 0 Å². The fraction of sp³-hybridized carbons (Fsp3) is 0.250. The number of hydrazine groups is 1. The van der Waals surface area contributed by atoms with Gasteiger partial charge in [0.15, 0.2) is 0 Å². The number of fused-ring (bicyclic) bond motifs is 1. The minimum absolute atomic E-state index is 0.145. The normalized spacial score (nSPS) is 16.3. The van der Waals surface area contributed by atoms with Crippen molar-refractivity contribution in [2.75, 3.05) is 0 Å². The van der Waals surface area contributed by atoms with E-state index >= 15 is 0 Å². The van der Waals surface area contributed by atoms with Crippen molar-refractivity contribution in [3.8, 4) is 0 Å². The Morgan fingerprint density at radius 1 is 1.05 bits per heavy atom. The Bertz CT molecular complexity index is 557. The highest BCUT2D eigenvalue weighted by Gasteiger charge is 2.28. The van der Waals surface area contributed by atoms with Crippen molar-refractivity contribution in [2.45, 2.75) is 18.9 Å². The molecule has 98 valence electrons. The average Bonchev–Trinajstić information content (AvgIpc) is 2.83. The van der Waals surface area contributed by atoms with Crippen LogP contribution in [0.1, 0.15) is 22.7 Å². The summed E-state index contributed by atoms with van der Waals surface area (Å²) in [6.45, 7) is 0. The lowest BCUT2D eigenvalue weighted by Crippen LogP contribution is -2.34. The van der Waals surface area contributed by atoms with Gasteiger partial charge < -0.3 is 0 Å². The zero-order valence-electron chi connectivity index (χ0n) is 10.6. The predicted molar refractivity (Wildman–Crippen MR) is 78.9 cm³/mol. The number of benzene rings is 2. The molecule has 1 aliphatic carbocycles. The molecule has 0 saturated carbocycles. The van der Waals surface area contributed by atoms with Crippen LogP contribution in [0.3, 0.4) is 0 Å². The Morgan fingerprint density at radius 2 is 1.74 bits per heavy atom. The molecule has 2 nitrogen and oxygen atoms in total. The lowest BCUT2D eigenvalue weighted by molar-refractivity contribution is 0.379. The number of nitrogens with two attached hydrogens (primary N) is 1. The Morgan fingerprint density at radius 3 is 2.32 bits per heavy atom. The van der Waals surface area contributed by atoms with E-state index in [1.165, 1.54) is 11.1 Å². The van der Waals surface area contributed by atoms with Crippen LogP contribution in [0, 0.1) is 5.92 Å². The van der Waals surface area contributed by atoms with Crippen LogP contribution in [0.4, 0.5) is 0 Å². The van der Waals surface area contributed by atoms with Crippen molar-refractivity contribution in [1.29, 1.82) is 0 Å². The summed E-state index contributed by atoms with van der Waals surface area (Å²) in [5.74, 6) is 6.26. The molecule has 0 aliphatic heterocycles. The predicted octanol–water partition coefficient (Wildman–Crippen LogP) is 3.26. The average molecular weight is 273 g/mol. The largest absolute Gasteiger partial charge is 0.271 e. The highest BCUT2D eigenvalue weighted by atomic mass is 35.5. The van der Waals surface area contributed by atoms with E-state index < -0.39 is 0 Å². The second-order valence-electron chi connectivity index (χ2n) is 5.14. The lowest BCUT2D eigenvalue weighted by atomic mass is 9.91. The summed E-state index contributed by atoms with van der Waals surface area (Å²) in [6, 6.07) is 16.7. The van der Waals surface area contributed by atoms with Gasteiger partial charge in [-0.15, -0.1) is 0 Å². The first-order chi connectivity index (χ1) is 9.28. The third kappa shape index (κ3) is 2.52. The van der Waals surface area contributed by atoms with Gasteiger partial charge in [-0.05, 0) is 47.6 Å². The van der Waals surface area contributed by atoms with Gasteiger partial charge in [-0.2, -0.15) is 0 Å². The molecule has 19 heavy (non-hydrogen) atoms. The second kappa shape index (κ2) is 5.33. The molecular weight excluding hydrogens is 256 g/mol. The van der Waals surface area contributed by atoms with Gasteiger partial charge in [0.05, 0.1) is 0 Å². The summed E-state index contributed by atoms with van der Waals surface area (Å²) in [5.41, 5.74) is 7.00. The summed E-state index contributed by atoms with van der Waals surface area (Å²) in [5, 5.41) is 0.758. The molecule has 0 aromatic heterocycles. The SMILES string of the molecule is NNC(c1cccc(Cl)c1)C1Cc2ccccc2C1. The van der Waals surface area contributed by atoms with Gasteiger partial charge in [0.1, 0.15) is 0 Å². The number of rotatable bonds is 3. The van der Waals surface area contributed by atoms with Crippen molar-refractivity contribution in [1.82, 2.24) is 5.43 Å². The summed E-state index contributed by atoms with van der Waals surface area (Å²) >= 11 is 6.07. The summed E-state index contributed by atoms with van der Waals surface area (Å²) < 4.78 is 0. The quantitative estimate of drug-likeness (QED) is 0.665. The molecule has 3 rings (SSSR count). The summed E-state index contributed by atoms with van der Waals surface area (Å²) in [7, 11) is 0. The first kappa shape index (κ1) is 12.7. The first-order valence-electron chi connectivity index (χ1n) is 6.56. The Balaban J connectivity index is 1.86. The molecule has 0 amide bonds. The third-order valence-corrected chi connectivity index (χ3v) is 4.18. The lowest BCUT2D eigenvalue weighted by Gasteiger charge is -2.23.